The standard InChI is InChI=1S/C12H24N2O2/c1-9(11(3)15)8-10(2)14-12(16)6-5-7-13-4/h9-10,13H,5-8H2,1-4H3,(H,14,16). The third kappa shape index (κ3) is 7.40. The van der Waals surface area contributed by atoms with Crippen molar-refractivity contribution in [3.8, 4) is 0 Å². The van der Waals surface area contributed by atoms with Crippen molar-refractivity contribution in [2.75, 3.05) is 13.6 Å². The third-order valence-electron chi connectivity index (χ3n) is 2.64. The average Bonchev–Trinajstić information content (AvgIpc) is 2.17. The molecule has 0 saturated carbocycles. The Morgan fingerprint density at radius 1 is 1.25 bits per heavy atom. The van der Waals surface area contributed by atoms with Crippen LogP contribution in [0.3, 0.4) is 0 Å². The molecule has 0 spiro atoms. The number of Topliss-reactive ketones (excluding diaryl/α,β-unsaturated/α-hetero) is 1. The number of hydrogen-bond donors (Lipinski definition) is 2. The van der Waals surface area contributed by atoms with E-state index in [2.05, 4.69) is 10.6 Å². The first kappa shape index (κ1) is 15.1. The van der Waals surface area contributed by atoms with Gasteiger partial charge in [-0.25, -0.2) is 0 Å². The Labute approximate surface area is 98.2 Å². The normalized spacial score (nSPS) is 14.2. The molecule has 0 aromatic rings. The second kappa shape index (κ2) is 8.28. The zero-order valence-electron chi connectivity index (χ0n) is 10.8. The summed E-state index contributed by atoms with van der Waals surface area (Å²) < 4.78 is 0. The molecule has 0 heterocycles. The molecule has 0 saturated heterocycles. The Balaban J connectivity index is 3.73. The van der Waals surface area contributed by atoms with Gasteiger partial charge in [0.25, 0.3) is 0 Å². The minimum Gasteiger partial charge on any atom is -0.354 e. The first-order valence-corrected chi connectivity index (χ1v) is 5.91. The monoisotopic (exact) mass is 228 g/mol. The lowest BCUT2D eigenvalue weighted by atomic mass is 9.99. The number of hydrogen-bond acceptors (Lipinski definition) is 3. The van der Waals surface area contributed by atoms with E-state index in [4.69, 9.17) is 0 Å². The summed E-state index contributed by atoms with van der Waals surface area (Å²) in [7, 11) is 1.87. The fraction of sp³-hybridized carbons (Fsp3) is 0.833. The van der Waals surface area contributed by atoms with Crippen molar-refractivity contribution < 1.29 is 9.59 Å². The zero-order valence-corrected chi connectivity index (χ0v) is 10.8. The van der Waals surface area contributed by atoms with Crippen LogP contribution in [0.4, 0.5) is 0 Å². The van der Waals surface area contributed by atoms with Gasteiger partial charge in [0.2, 0.25) is 5.91 Å². The fourth-order valence-electron chi connectivity index (χ4n) is 1.53. The summed E-state index contributed by atoms with van der Waals surface area (Å²) in [6.07, 6.45) is 2.10. The molecular formula is C12H24N2O2. The molecule has 0 aliphatic heterocycles. The maximum atomic E-state index is 11.5. The van der Waals surface area contributed by atoms with Crippen molar-refractivity contribution in [1.29, 1.82) is 0 Å². The van der Waals surface area contributed by atoms with Crippen LogP contribution in [0.25, 0.3) is 0 Å². The second-order valence-corrected chi connectivity index (χ2v) is 4.42. The number of nitrogens with one attached hydrogen (secondary N) is 2. The molecule has 1 amide bonds. The lowest BCUT2D eigenvalue weighted by molar-refractivity contribution is -0.123. The van der Waals surface area contributed by atoms with Crippen LogP contribution in [0.2, 0.25) is 0 Å². The summed E-state index contributed by atoms with van der Waals surface area (Å²) in [4.78, 5) is 22.5. The van der Waals surface area contributed by atoms with Gasteiger partial charge in [0, 0.05) is 18.4 Å². The van der Waals surface area contributed by atoms with E-state index in [0.29, 0.717) is 12.8 Å². The molecule has 0 aromatic heterocycles. The highest BCUT2D eigenvalue weighted by Crippen LogP contribution is 2.07. The Bertz CT molecular complexity index is 229. The zero-order chi connectivity index (χ0) is 12.6. The number of carbonyl (C=O) groups is 2. The summed E-state index contributed by atoms with van der Waals surface area (Å²) in [6, 6.07) is 0.0704. The van der Waals surface area contributed by atoms with Gasteiger partial charge in [-0.15, -0.1) is 0 Å². The molecule has 16 heavy (non-hydrogen) atoms. The van der Waals surface area contributed by atoms with Crippen molar-refractivity contribution in [3.63, 3.8) is 0 Å². The van der Waals surface area contributed by atoms with Crippen molar-refractivity contribution in [3.05, 3.63) is 0 Å². The molecule has 0 radical (unpaired) electrons. The van der Waals surface area contributed by atoms with Crippen molar-refractivity contribution in [1.82, 2.24) is 10.6 Å². The van der Waals surface area contributed by atoms with Gasteiger partial charge < -0.3 is 10.6 Å². The molecule has 4 nitrogen and oxygen atoms in total. The Kier molecular flexibility index (Phi) is 7.81. The predicted molar refractivity (Wildman–Crippen MR) is 65.2 cm³/mol. The molecule has 0 rings (SSSR count). The number of amides is 1. The first-order chi connectivity index (χ1) is 7.47. The lowest BCUT2D eigenvalue weighted by Gasteiger charge is -2.16. The van der Waals surface area contributed by atoms with E-state index in [1.54, 1.807) is 6.92 Å². The van der Waals surface area contributed by atoms with Crippen molar-refractivity contribution >= 4 is 11.7 Å². The van der Waals surface area contributed by atoms with Crippen molar-refractivity contribution in [2.24, 2.45) is 5.92 Å². The highest BCUT2D eigenvalue weighted by atomic mass is 16.1. The Hall–Kier alpha value is -0.900. The minimum absolute atomic E-state index is 0.0209. The fourth-order valence-corrected chi connectivity index (χ4v) is 1.53. The van der Waals surface area contributed by atoms with E-state index in [-0.39, 0.29) is 23.7 Å². The maximum absolute atomic E-state index is 11.5. The van der Waals surface area contributed by atoms with Crippen LogP contribution in [-0.2, 0) is 9.59 Å². The van der Waals surface area contributed by atoms with Gasteiger partial charge in [-0.3, -0.25) is 9.59 Å². The lowest BCUT2D eigenvalue weighted by Crippen LogP contribution is -2.34. The largest absolute Gasteiger partial charge is 0.354 e. The van der Waals surface area contributed by atoms with Crippen LogP contribution in [0.1, 0.15) is 40.0 Å². The van der Waals surface area contributed by atoms with E-state index in [1.807, 2.05) is 20.9 Å². The summed E-state index contributed by atoms with van der Waals surface area (Å²) in [6.45, 7) is 6.28. The van der Waals surface area contributed by atoms with Crippen LogP contribution in [0.5, 0.6) is 0 Å². The van der Waals surface area contributed by atoms with Gasteiger partial charge in [-0.05, 0) is 40.3 Å². The molecular weight excluding hydrogens is 204 g/mol. The summed E-state index contributed by atoms with van der Waals surface area (Å²) >= 11 is 0. The minimum atomic E-state index is 0.0209. The second-order valence-electron chi connectivity index (χ2n) is 4.42. The van der Waals surface area contributed by atoms with Crippen LogP contribution in [0.15, 0.2) is 0 Å². The SMILES string of the molecule is CNCCCC(=O)NC(C)CC(C)C(C)=O. The molecule has 0 fully saturated rings. The van der Waals surface area contributed by atoms with Crippen LogP contribution < -0.4 is 10.6 Å². The average molecular weight is 228 g/mol. The van der Waals surface area contributed by atoms with E-state index < -0.39 is 0 Å². The third-order valence-corrected chi connectivity index (χ3v) is 2.64. The molecule has 0 bridgehead atoms. The number of rotatable bonds is 8. The maximum Gasteiger partial charge on any atom is 0.220 e. The molecule has 4 heteroatoms. The van der Waals surface area contributed by atoms with Gasteiger partial charge in [0.05, 0.1) is 0 Å². The number of carbonyl (C=O) groups excluding carboxylic acids is 2. The summed E-state index contributed by atoms with van der Waals surface area (Å²) in [5.74, 6) is 0.266. The molecule has 2 N–H and O–H groups in total. The highest BCUT2D eigenvalue weighted by molar-refractivity contribution is 5.78. The van der Waals surface area contributed by atoms with Crippen LogP contribution in [-0.4, -0.2) is 31.3 Å². The van der Waals surface area contributed by atoms with E-state index in [1.165, 1.54) is 0 Å². The Morgan fingerprint density at radius 3 is 2.38 bits per heavy atom. The molecule has 0 aliphatic carbocycles. The van der Waals surface area contributed by atoms with Gasteiger partial charge in [0.1, 0.15) is 5.78 Å². The quantitative estimate of drug-likeness (QED) is 0.612. The Morgan fingerprint density at radius 2 is 1.88 bits per heavy atom. The van der Waals surface area contributed by atoms with Crippen LogP contribution >= 0.6 is 0 Å². The van der Waals surface area contributed by atoms with Gasteiger partial charge >= 0.3 is 0 Å². The van der Waals surface area contributed by atoms with E-state index >= 15 is 0 Å². The molecule has 94 valence electrons. The van der Waals surface area contributed by atoms with Gasteiger partial charge in [0.15, 0.2) is 0 Å². The van der Waals surface area contributed by atoms with Gasteiger partial charge in [-0.1, -0.05) is 6.92 Å². The predicted octanol–water partition coefficient (Wildman–Crippen LogP) is 1.11. The van der Waals surface area contributed by atoms with Crippen molar-refractivity contribution in [2.45, 2.75) is 46.1 Å². The molecule has 0 aliphatic rings. The van der Waals surface area contributed by atoms with Crippen LogP contribution in [0, 0.1) is 5.92 Å². The smallest absolute Gasteiger partial charge is 0.220 e. The summed E-state index contributed by atoms with van der Waals surface area (Å²) in [5, 5.41) is 5.90. The number of ketones is 1. The van der Waals surface area contributed by atoms with E-state index in [9.17, 15) is 9.59 Å². The molecule has 0 aromatic carbocycles. The highest BCUT2D eigenvalue weighted by Gasteiger charge is 2.14. The van der Waals surface area contributed by atoms with Gasteiger partial charge in [-0.2, -0.15) is 0 Å². The molecule has 2 unspecified atom stereocenters. The first-order valence-electron chi connectivity index (χ1n) is 5.91. The topological polar surface area (TPSA) is 58.2 Å². The summed E-state index contributed by atoms with van der Waals surface area (Å²) in [5.41, 5.74) is 0. The van der Waals surface area contributed by atoms with E-state index in [0.717, 1.165) is 13.0 Å². The molecule has 2 atom stereocenters.